The van der Waals surface area contributed by atoms with Gasteiger partial charge in [-0.25, -0.2) is 4.39 Å². The minimum Gasteiger partial charge on any atom is -0.397 e. The molecule has 0 saturated carbocycles. The average Bonchev–Trinajstić information content (AvgIpc) is 2.30. The molecular weight excluding hydrogens is 215 g/mol. The molecule has 2 rings (SSSR count). The number of halogens is 1. The van der Waals surface area contributed by atoms with E-state index in [4.69, 9.17) is 5.73 Å². The number of nitrogens with one attached hydrogen (secondary N) is 1. The molecule has 0 aromatic heterocycles. The zero-order chi connectivity index (χ0) is 12.4. The highest BCUT2D eigenvalue weighted by atomic mass is 19.1. The Morgan fingerprint density at radius 3 is 2.53 bits per heavy atom. The van der Waals surface area contributed by atoms with Crippen LogP contribution in [-0.4, -0.2) is 0 Å². The van der Waals surface area contributed by atoms with Gasteiger partial charge in [-0.2, -0.15) is 0 Å². The van der Waals surface area contributed by atoms with Crippen molar-refractivity contribution in [3.63, 3.8) is 0 Å². The SMILES string of the molecule is Cc1ccc(F)cc1Nc1cccc(C)c1N. The molecule has 0 radical (unpaired) electrons. The Morgan fingerprint density at radius 2 is 1.76 bits per heavy atom. The standard InChI is InChI=1S/C14H15FN2/c1-9-6-7-11(15)8-13(9)17-12-5-3-4-10(2)14(12)16/h3-8,17H,16H2,1-2H3. The maximum Gasteiger partial charge on any atom is 0.125 e. The maximum atomic E-state index is 13.2. The van der Waals surface area contributed by atoms with Gasteiger partial charge in [0.2, 0.25) is 0 Å². The average molecular weight is 230 g/mol. The van der Waals surface area contributed by atoms with Crippen LogP contribution in [0.1, 0.15) is 11.1 Å². The van der Waals surface area contributed by atoms with Crippen molar-refractivity contribution < 1.29 is 4.39 Å². The van der Waals surface area contributed by atoms with Gasteiger partial charge in [-0.05, 0) is 43.2 Å². The molecular formula is C14H15FN2. The van der Waals surface area contributed by atoms with E-state index in [1.54, 1.807) is 6.07 Å². The number of aryl methyl sites for hydroxylation is 2. The van der Waals surface area contributed by atoms with E-state index in [1.165, 1.54) is 12.1 Å². The quantitative estimate of drug-likeness (QED) is 0.771. The molecule has 2 aromatic carbocycles. The van der Waals surface area contributed by atoms with E-state index >= 15 is 0 Å². The third-order valence-electron chi connectivity index (χ3n) is 2.79. The number of anilines is 3. The first kappa shape index (κ1) is 11.5. The lowest BCUT2D eigenvalue weighted by Crippen LogP contribution is -1.99. The monoisotopic (exact) mass is 230 g/mol. The van der Waals surface area contributed by atoms with Crippen molar-refractivity contribution in [3.8, 4) is 0 Å². The molecule has 3 N–H and O–H groups in total. The van der Waals surface area contributed by atoms with Crippen LogP contribution >= 0.6 is 0 Å². The lowest BCUT2D eigenvalue weighted by atomic mass is 10.1. The van der Waals surface area contributed by atoms with Crippen molar-refractivity contribution >= 4 is 17.1 Å². The Bertz CT molecular complexity index is 550. The molecule has 0 aliphatic carbocycles. The molecule has 0 amide bonds. The van der Waals surface area contributed by atoms with Crippen LogP contribution < -0.4 is 11.1 Å². The Labute approximate surface area is 100 Å². The number of hydrogen-bond donors (Lipinski definition) is 2. The Kier molecular flexibility index (Phi) is 3.00. The van der Waals surface area contributed by atoms with Crippen molar-refractivity contribution in [2.24, 2.45) is 0 Å². The molecule has 0 fully saturated rings. The summed E-state index contributed by atoms with van der Waals surface area (Å²) in [6.07, 6.45) is 0. The van der Waals surface area contributed by atoms with Gasteiger partial charge < -0.3 is 11.1 Å². The molecule has 17 heavy (non-hydrogen) atoms. The number of nitrogens with two attached hydrogens (primary N) is 1. The second-order valence-corrected chi connectivity index (χ2v) is 4.12. The molecule has 0 heterocycles. The molecule has 0 saturated heterocycles. The molecule has 3 heteroatoms. The van der Waals surface area contributed by atoms with Crippen molar-refractivity contribution in [1.82, 2.24) is 0 Å². The number of hydrogen-bond acceptors (Lipinski definition) is 2. The molecule has 2 aromatic rings. The lowest BCUT2D eigenvalue weighted by molar-refractivity contribution is 0.628. The highest BCUT2D eigenvalue weighted by molar-refractivity contribution is 5.75. The van der Waals surface area contributed by atoms with Gasteiger partial charge in [0.25, 0.3) is 0 Å². The molecule has 0 bridgehead atoms. The predicted octanol–water partition coefficient (Wildman–Crippen LogP) is 3.77. The molecule has 2 nitrogen and oxygen atoms in total. The number of benzene rings is 2. The van der Waals surface area contributed by atoms with E-state index in [9.17, 15) is 4.39 Å². The summed E-state index contributed by atoms with van der Waals surface area (Å²) in [6.45, 7) is 3.87. The summed E-state index contributed by atoms with van der Waals surface area (Å²) in [7, 11) is 0. The molecule has 88 valence electrons. The van der Waals surface area contributed by atoms with E-state index in [1.807, 2.05) is 32.0 Å². The first-order valence-corrected chi connectivity index (χ1v) is 5.46. The molecule has 0 aliphatic rings. The van der Waals surface area contributed by atoms with E-state index in [2.05, 4.69) is 5.32 Å². The zero-order valence-corrected chi connectivity index (χ0v) is 9.92. The smallest absolute Gasteiger partial charge is 0.125 e. The van der Waals surface area contributed by atoms with Crippen LogP contribution in [0.2, 0.25) is 0 Å². The van der Waals surface area contributed by atoms with Gasteiger partial charge in [-0.1, -0.05) is 18.2 Å². The van der Waals surface area contributed by atoms with Gasteiger partial charge in [0.05, 0.1) is 11.4 Å². The second-order valence-electron chi connectivity index (χ2n) is 4.12. The highest BCUT2D eigenvalue weighted by Gasteiger charge is 2.04. The fourth-order valence-electron chi connectivity index (χ4n) is 1.66. The molecule has 0 spiro atoms. The Balaban J connectivity index is 2.38. The molecule has 0 unspecified atom stereocenters. The number of nitrogen functional groups attached to an aromatic ring is 1. The summed E-state index contributed by atoms with van der Waals surface area (Å²) in [5.74, 6) is -0.260. The highest BCUT2D eigenvalue weighted by Crippen LogP contribution is 2.27. The normalized spacial score (nSPS) is 10.3. The van der Waals surface area contributed by atoms with Crippen LogP contribution in [0.15, 0.2) is 36.4 Å². The van der Waals surface area contributed by atoms with Gasteiger partial charge >= 0.3 is 0 Å². The minimum absolute atomic E-state index is 0.260. The van der Waals surface area contributed by atoms with E-state index < -0.39 is 0 Å². The predicted molar refractivity (Wildman–Crippen MR) is 70.0 cm³/mol. The van der Waals surface area contributed by atoms with Crippen molar-refractivity contribution in [2.75, 3.05) is 11.1 Å². The summed E-state index contributed by atoms with van der Waals surface area (Å²) in [6, 6.07) is 10.4. The van der Waals surface area contributed by atoms with Gasteiger partial charge in [-0.15, -0.1) is 0 Å². The van der Waals surface area contributed by atoms with Crippen molar-refractivity contribution in [2.45, 2.75) is 13.8 Å². The van der Waals surface area contributed by atoms with Crippen LogP contribution in [0.4, 0.5) is 21.5 Å². The minimum atomic E-state index is -0.260. The summed E-state index contributed by atoms with van der Waals surface area (Å²) in [5.41, 5.74) is 10.2. The summed E-state index contributed by atoms with van der Waals surface area (Å²) >= 11 is 0. The fraction of sp³-hybridized carbons (Fsp3) is 0.143. The van der Waals surface area contributed by atoms with E-state index in [-0.39, 0.29) is 5.82 Å². The summed E-state index contributed by atoms with van der Waals surface area (Å²) in [5, 5.41) is 3.16. The second kappa shape index (κ2) is 4.45. The van der Waals surface area contributed by atoms with Crippen molar-refractivity contribution in [3.05, 3.63) is 53.3 Å². The number of para-hydroxylation sites is 1. The van der Waals surface area contributed by atoms with Gasteiger partial charge in [-0.3, -0.25) is 0 Å². The molecule has 0 aliphatic heterocycles. The van der Waals surface area contributed by atoms with Crippen LogP contribution in [-0.2, 0) is 0 Å². The first-order chi connectivity index (χ1) is 8.08. The third-order valence-corrected chi connectivity index (χ3v) is 2.79. The first-order valence-electron chi connectivity index (χ1n) is 5.46. The van der Waals surface area contributed by atoms with Gasteiger partial charge in [0, 0.05) is 5.69 Å². The van der Waals surface area contributed by atoms with Gasteiger partial charge in [0.15, 0.2) is 0 Å². The van der Waals surface area contributed by atoms with Crippen LogP contribution in [0, 0.1) is 19.7 Å². The largest absolute Gasteiger partial charge is 0.397 e. The van der Waals surface area contributed by atoms with Crippen LogP contribution in [0.25, 0.3) is 0 Å². The Morgan fingerprint density at radius 1 is 1.00 bits per heavy atom. The fourth-order valence-corrected chi connectivity index (χ4v) is 1.66. The molecule has 0 atom stereocenters. The Hall–Kier alpha value is -2.03. The van der Waals surface area contributed by atoms with Gasteiger partial charge in [0.1, 0.15) is 5.82 Å². The summed E-state index contributed by atoms with van der Waals surface area (Å²) < 4.78 is 13.2. The van der Waals surface area contributed by atoms with Crippen molar-refractivity contribution in [1.29, 1.82) is 0 Å². The lowest BCUT2D eigenvalue weighted by Gasteiger charge is -2.13. The number of rotatable bonds is 2. The summed E-state index contributed by atoms with van der Waals surface area (Å²) in [4.78, 5) is 0. The maximum absolute atomic E-state index is 13.2. The van der Waals surface area contributed by atoms with Crippen LogP contribution in [0.5, 0.6) is 0 Å². The zero-order valence-electron chi connectivity index (χ0n) is 9.92. The van der Waals surface area contributed by atoms with Crippen LogP contribution in [0.3, 0.4) is 0 Å². The topological polar surface area (TPSA) is 38.0 Å². The third kappa shape index (κ3) is 2.38. The van der Waals surface area contributed by atoms with E-state index in [0.717, 1.165) is 22.5 Å². The van der Waals surface area contributed by atoms with E-state index in [0.29, 0.717) is 5.69 Å².